The first-order valence-corrected chi connectivity index (χ1v) is 30.2. The molecule has 0 atom stereocenters. The summed E-state index contributed by atoms with van der Waals surface area (Å²) in [6.45, 7) is 19.5. The second-order valence-corrected chi connectivity index (χ2v) is 27.2. The maximum Gasteiger partial charge on any atom is 0.0506 e. The average molecular weight is 1070 g/mol. The van der Waals surface area contributed by atoms with Crippen LogP contribution in [0.4, 0.5) is 34.1 Å². The number of para-hydroxylation sites is 2. The smallest absolute Gasteiger partial charge is 0.0506 e. The van der Waals surface area contributed by atoms with Crippen LogP contribution in [0.5, 0.6) is 0 Å². The fourth-order valence-corrected chi connectivity index (χ4v) is 17.3. The lowest BCUT2D eigenvalue weighted by Gasteiger charge is -2.43. The van der Waals surface area contributed by atoms with Crippen molar-refractivity contribution in [1.82, 2.24) is 0 Å². The van der Waals surface area contributed by atoms with E-state index < -0.39 is 0 Å². The SMILES string of the molecule is CC1(C)c2ccccc2N(c2ccc3c(ccc4cc(N5c6ccccc6C(C)(C)c6cc7c(cc65)C(C)(C)c5cc6ccc8cccc9ccc(c5-7)c6c89)ccc43)c2)c2cc3c(cc21)-c1c(cc2ccc4cccc5ccc1c2c45)C3(C)C. The van der Waals surface area contributed by atoms with Gasteiger partial charge in [-0.3, -0.25) is 0 Å². The molecular weight excluding hydrogens is 1010 g/mol. The van der Waals surface area contributed by atoms with Gasteiger partial charge in [0.25, 0.3) is 0 Å². The van der Waals surface area contributed by atoms with Crippen molar-refractivity contribution < 1.29 is 0 Å². The molecule has 398 valence electrons. The lowest BCUT2D eigenvalue weighted by Crippen LogP contribution is -2.31. The van der Waals surface area contributed by atoms with Gasteiger partial charge in [0, 0.05) is 33.0 Å². The highest BCUT2D eigenvalue weighted by Gasteiger charge is 2.46. The van der Waals surface area contributed by atoms with Gasteiger partial charge in [-0.1, -0.05) is 201 Å². The van der Waals surface area contributed by atoms with Gasteiger partial charge in [0.15, 0.2) is 0 Å². The Balaban J connectivity index is 0.751. The Morgan fingerprint density at radius 1 is 0.226 bits per heavy atom. The highest BCUT2D eigenvalue weighted by molar-refractivity contribution is 6.28. The van der Waals surface area contributed by atoms with Crippen molar-refractivity contribution in [2.45, 2.75) is 77.0 Å². The van der Waals surface area contributed by atoms with Crippen molar-refractivity contribution in [1.29, 1.82) is 0 Å². The average Bonchev–Trinajstić information content (AvgIpc) is 1.77. The summed E-state index contributed by atoms with van der Waals surface area (Å²) in [7, 11) is 0. The zero-order chi connectivity index (χ0) is 56.2. The van der Waals surface area contributed by atoms with E-state index in [-0.39, 0.29) is 21.7 Å². The Bertz CT molecular complexity index is 5140. The Hall–Kier alpha value is -9.50. The van der Waals surface area contributed by atoms with Crippen molar-refractivity contribution in [3.63, 3.8) is 0 Å². The fraction of sp³-hybridized carbons (Fsp3) is 0.146. The molecular formula is C82H60N2. The van der Waals surface area contributed by atoms with E-state index in [1.807, 2.05) is 0 Å². The summed E-state index contributed by atoms with van der Waals surface area (Å²) in [5, 5.41) is 21.1. The summed E-state index contributed by atoms with van der Waals surface area (Å²) in [6, 6.07) is 85.0. The summed E-state index contributed by atoms with van der Waals surface area (Å²) in [5.41, 5.74) is 23.0. The van der Waals surface area contributed by atoms with Gasteiger partial charge in [-0.05, 0) is 226 Å². The van der Waals surface area contributed by atoms with Gasteiger partial charge < -0.3 is 9.80 Å². The molecule has 2 heteroatoms. The Labute approximate surface area is 489 Å². The summed E-state index contributed by atoms with van der Waals surface area (Å²) < 4.78 is 0. The molecule has 0 N–H and O–H groups in total. The van der Waals surface area contributed by atoms with Crippen LogP contribution in [0.2, 0.25) is 0 Å². The highest BCUT2D eigenvalue weighted by atomic mass is 15.2. The number of hydrogen-bond acceptors (Lipinski definition) is 2. The molecule has 0 fully saturated rings. The molecule has 0 unspecified atom stereocenters. The zero-order valence-corrected chi connectivity index (χ0v) is 48.7. The van der Waals surface area contributed by atoms with E-state index in [9.17, 15) is 0 Å². The van der Waals surface area contributed by atoms with Crippen molar-refractivity contribution in [2.75, 3.05) is 9.80 Å². The lowest BCUT2D eigenvalue weighted by atomic mass is 9.71. The van der Waals surface area contributed by atoms with Crippen LogP contribution in [0.3, 0.4) is 0 Å². The van der Waals surface area contributed by atoms with Gasteiger partial charge in [0.2, 0.25) is 0 Å². The third kappa shape index (κ3) is 5.68. The largest absolute Gasteiger partial charge is 0.310 e. The first-order chi connectivity index (χ1) is 40.7. The molecule has 2 nitrogen and oxygen atoms in total. The number of anilines is 6. The molecule has 15 aromatic rings. The molecule has 0 saturated carbocycles. The Morgan fingerprint density at radius 3 is 1.01 bits per heavy atom. The number of benzene rings is 15. The maximum absolute atomic E-state index is 2.59. The van der Waals surface area contributed by atoms with Crippen LogP contribution in [0, 0.1) is 0 Å². The molecule has 0 saturated heterocycles. The molecule has 15 aromatic carbocycles. The molecule has 2 heterocycles. The summed E-state index contributed by atoms with van der Waals surface area (Å²) in [5.74, 6) is 0. The molecule has 4 aliphatic rings. The molecule has 84 heavy (non-hydrogen) atoms. The maximum atomic E-state index is 2.59. The van der Waals surface area contributed by atoms with Gasteiger partial charge >= 0.3 is 0 Å². The lowest BCUT2D eigenvalue weighted by molar-refractivity contribution is 0.627. The van der Waals surface area contributed by atoms with Gasteiger partial charge in [-0.2, -0.15) is 0 Å². The summed E-state index contributed by atoms with van der Waals surface area (Å²) >= 11 is 0. The van der Waals surface area contributed by atoms with Crippen molar-refractivity contribution in [3.8, 4) is 22.3 Å². The molecule has 19 rings (SSSR count). The number of rotatable bonds is 2. The van der Waals surface area contributed by atoms with Crippen molar-refractivity contribution in [3.05, 3.63) is 263 Å². The molecule has 0 radical (unpaired) electrons. The van der Waals surface area contributed by atoms with Crippen LogP contribution >= 0.6 is 0 Å². The van der Waals surface area contributed by atoms with E-state index in [1.165, 1.54) is 187 Å². The third-order valence-corrected chi connectivity index (χ3v) is 21.6. The second kappa shape index (κ2) is 15.4. The first-order valence-electron chi connectivity index (χ1n) is 30.2. The molecule has 2 aliphatic heterocycles. The van der Waals surface area contributed by atoms with E-state index >= 15 is 0 Å². The van der Waals surface area contributed by atoms with Crippen LogP contribution in [-0.2, 0) is 21.7 Å². The topological polar surface area (TPSA) is 6.48 Å². The number of nitrogens with zero attached hydrogens (tertiary/aromatic N) is 2. The molecule has 2 aliphatic carbocycles. The quantitative estimate of drug-likeness (QED) is 0.159. The number of fused-ring (bicyclic) bond motifs is 15. The monoisotopic (exact) mass is 1070 g/mol. The van der Waals surface area contributed by atoms with Gasteiger partial charge in [-0.15, -0.1) is 0 Å². The van der Waals surface area contributed by atoms with Crippen LogP contribution in [-0.4, -0.2) is 0 Å². The normalized spacial score (nSPS) is 16.4. The van der Waals surface area contributed by atoms with Crippen molar-refractivity contribution in [2.24, 2.45) is 0 Å². The van der Waals surface area contributed by atoms with Crippen LogP contribution in [0.1, 0.15) is 99.9 Å². The highest BCUT2D eigenvalue weighted by Crippen LogP contribution is 2.62. The van der Waals surface area contributed by atoms with Crippen LogP contribution < -0.4 is 9.80 Å². The molecule has 0 bridgehead atoms. The van der Waals surface area contributed by atoms with E-state index in [2.05, 4.69) is 284 Å². The zero-order valence-electron chi connectivity index (χ0n) is 48.7. The minimum atomic E-state index is -0.242. The Kier molecular flexibility index (Phi) is 8.61. The van der Waals surface area contributed by atoms with E-state index in [0.717, 1.165) is 0 Å². The van der Waals surface area contributed by atoms with Gasteiger partial charge in [-0.25, -0.2) is 0 Å². The fourth-order valence-electron chi connectivity index (χ4n) is 17.3. The third-order valence-electron chi connectivity index (χ3n) is 21.6. The second-order valence-electron chi connectivity index (χ2n) is 27.2. The van der Waals surface area contributed by atoms with Crippen LogP contribution in [0.25, 0.3) is 108 Å². The van der Waals surface area contributed by atoms with E-state index in [0.29, 0.717) is 0 Å². The van der Waals surface area contributed by atoms with E-state index in [1.54, 1.807) is 0 Å². The predicted molar refractivity (Wildman–Crippen MR) is 358 cm³/mol. The first kappa shape index (κ1) is 47.0. The predicted octanol–water partition coefficient (Wildman–Crippen LogP) is 22.6. The minimum Gasteiger partial charge on any atom is -0.310 e. The Morgan fingerprint density at radius 2 is 0.583 bits per heavy atom. The minimum absolute atomic E-state index is 0.209. The molecule has 0 spiro atoms. The molecule has 0 aromatic heterocycles. The summed E-state index contributed by atoms with van der Waals surface area (Å²) in [4.78, 5) is 5.14. The summed E-state index contributed by atoms with van der Waals surface area (Å²) in [6.07, 6.45) is 0. The van der Waals surface area contributed by atoms with Gasteiger partial charge in [0.1, 0.15) is 0 Å². The number of hydrogen-bond donors (Lipinski definition) is 0. The standard InChI is InChI=1S/C82H60N2/c1-79(2)61-19-9-11-21-69(61)83(71-43-63-59(41-65(71)79)77-57-33-29-47-17-13-15-45-23-27-51(75(57)73(45)47)39-67(77)81(63,5)6)53-31-35-55-49(37-53)25-26-50-38-54(32-36-56(50)55)84-70-22-12-10-20-62(70)80(3,4)66-42-60-64(44-72(66)84)82(7,8)68-40-52-28-24-46-16-14-18-48-30-34-58(78(60)68)76(52)74(46)48/h9-44H,1-8H3. The van der Waals surface area contributed by atoms with E-state index in [4.69, 9.17) is 0 Å². The van der Waals surface area contributed by atoms with Crippen molar-refractivity contribution >= 4 is 120 Å². The van der Waals surface area contributed by atoms with Gasteiger partial charge in [0.05, 0.1) is 22.7 Å². The van der Waals surface area contributed by atoms with Crippen LogP contribution in [0.15, 0.2) is 218 Å². The molecule has 0 amide bonds.